The van der Waals surface area contributed by atoms with Crippen molar-refractivity contribution in [2.45, 2.75) is 6.92 Å². The number of ether oxygens (including phenoxy) is 1. The summed E-state index contributed by atoms with van der Waals surface area (Å²) < 4.78 is 4.65. The van der Waals surface area contributed by atoms with Crippen LogP contribution in [0, 0.1) is 5.92 Å². The van der Waals surface area contributed by atoms with E-state index in [0.717, 1.165) is 0 Å². The lowest BCUT2D eigenvalue weighted by Crippen LogP contribution is -2.32. The minimum atomic E-state index is -0.247. The molecule has 1 aromatic carbocycles. The lowest BCUT2D eigenvalue weighted by atomic mass is 10.1. The minimum absolute atomic E-state index is 0.192. The first kappa shape index (κ1) is 15.6. The number of benzene rings is 1. The zero-order valence-corrected chi connectivity index (χ0v) is 12.8. The molecule has 2 rings (SSSR count). The highest BCUT2D eigenvalue weighted by molar-refractivity contribution is 7.99. The summed E-state index contributed by atoms with van der Waals surface area (Å²) in [5, 5.41) is 0. The van der Waals surface area contributed by atoms with Crippen molar-refractivity contribution in [2.75, 3.05) is 25.2 Å². The summed E-state index contributed by atoms with van der Waals surface area (Å²) in [7, 11) is 1.36. The number of hydrogen-bond donors (Lipinski definition) is 0. The maximum Gasteiger partial charge on any atom is 0.309 e. The fraction of sp³-hybridized carbons (Fsp3) is 0.400. The van der Waals surface area contributed by atoms with E-state index in [1.807, 2.05) is 0 Å². The first-order chi connectivity index (χ1) is 10.1. The van der Waals surface area contributed by atoms with Crippen molar-refractivity contribution in [1.29, 1.82) is 0 Å². The van der Waals surface area contributed by atoms with E-state index in [2.05, 4.69) is 4.74 Å². The molecule has 112 valence electrons. The smallest absolute Gasteiger partial charge is 0.309 e. The number of thioether (sulfide) groups is 1. The van der Waals surface area contributed by atoms with Crippen LogP contribution in [0.4, 0.5) is 0 Å². The van der Waals surface area contributed by atoms with Gasteiger partial charge in [0.2, 0.25) is 0 Å². The molecule has 1 heterocycles. The van der Waals surface area contributed by atoms with Gasteiger partial charge < -0.3 is 4.74 Å². The number of imide groups is 1. The Morgan fingerprint density at radius 3 is 2.33 bits per heavy atom. The van der Waals surface area contributed by atoms with E-state index < -0.39 is 0 Å². The van der Waals surface area contributed by atoms with Gasteiger partial charge in [0.15, 0.2) is 0 Å². The van der Waals surface area contributed by atoms with Crippen molar-refractivity contribution < 1.29 is 19.1 Å². The number of esters is 1. The van der Waals surface area contributed by atoms with Gasteiger partial charge in [0, 0.05) is 18.1 Å². The predicted octanol–water partition coefficient (Wildman–Crippen LogP) is 1.82. The van der Waals surface area contributed by atoms with Crippen LogP contribution in [-0.2, 0) is 9.53 Å². The molecule has 1 aromatic rings. The molecule has 0 saturated heterocycles. The van der Waals surface area contributed by atoms with Gasteiger partial charge >= 0.3 is 5.97 Å². The third-order valence-electron chi connectivity index (χ3n) is 3.31. The summed E-state index contributed by atoms with van der Waals surface area (Å²) >= 11 is 1.53. The molecule has 0 fully saturated rings. The molecule has 0 saturated carbocycles. The molecule has 1 aliphatic rings. The first-order valence-electron chi connectivity index (χ1n) is 6.67. The van der Waals surface area contributed by atoms with Crippen LogP contribution in [0.25, 0.3) is 0 Å². The molecule has 1 atom stereocenters. The van der Waals surface area contributed by atoms with Gasteiger partial charge in [0.1, 0.15) is 0 Å². The summed E-state index contributed by atoms with van der Waals surface area (Å²) in [5.74, 6) is 0.294. The summed E-state index contributed by atoms with van der Waals surface area (Å²) in [6.45, 7) is 2.14. The quantitative estimate of drug-likeness (QED) is 0.456. The Morgan fingerprint density at radius 2 is 1.81 bits per heavy atom. The Labute approximate surface area is 127 Å². The number of nitrogens with zero attached hydrogens (tertiary/aromatic N) is 1. The van der Waals surface area contributed by atoms with Crippen molar-refractivity contribution in [3.63, 3.8) is 0 Å². The maximum absolute atomic E-state index is 12.1. The maximum atomic E-state index is 12.1. The van der Waals surface area contributed by atoms with Gasteiger partial charge in [-0.25, -0.2) is 0 Å². The van der Waals surface area contributed by atoms with E-state index >= 15 is 0 Å². The van der Waals surface area contributed by atoms with Crippen LogP contribution in [-0.4, -0.2) is 47.8 Å². The number of carbonyl (C=O) groups is 3. The molecular weight excluding hydrogens is 290 g/mol. The van der Waals surface area contributed by atoms with Crippen molar-refractivity contribution in [2.24, 2.45) is 5.92 Å². The highest BCUT2D eigenvalue weighted by Crippen LogP contribution is 2.22. The second kappa shape index (κ2) is 6.76. The van der Waals surface area contributed by atoms with E-state index in [9.17, 15) is 14.4 Å². The monoisotopic (exact) mass is 307 g/mol. The molecule has 0 aromatic heterocycles. The summed E-state index contributed by atoms with van der Waals surface area (Å²) in [4.78, 5) is 36.7. The predicted molar refractivity (Wildman–Crippen MR) is 80.3 cm³/mol. The molecule has 0 spiro atoms. The van der Waals surface area contributed by atoms with Crippen LogP contribution in [0.3, 0.4) is 0 Å². The van der Waals surface area contributed by atoms with Crippen LogP contribution in [0.15, 0.2) is 24.3 Å². The standard InChI is InChI=1S/C15H17NO4S/c1-10(15(19)20-2)9-21-8-7-16-13(17)11-5-3-4-6-12(11)14(16)18/h3-6,10H,7-9H2,1-2H3. The van der Waals surface area contributed by atoms with Gasteiger partial charge in [0.05, 0.1) is 24.2 Å². The van der Waals surface area contributed by atoms with E-state index in [-0.39, 0.29) is 23.7 Å². The zero-order chi connectivity index (χ0) is 15.4. The Morgan fingerprint density at radius 1 is 1.24 bits per heavy atom. The molecule has 6 heteroatoms. The van der Waals surface area contributed by atoms with Crippen molar-refractivity contribution in [3.8, 4) is 0 Å². The highest BCUT2D eigenvalue weighted by Gasteiger charge is 2.34. The molecule has 0 radical (unpaired) electrons. The first-order valence-corrected chi connectivity index (χ1v) is 7.82. The van der Waals surface area contributed by atoms with Gasteiger partial charge in [-0.3, -0.25) is 19.3 Å². The number of carbonyl (C=O) groups excluding carboxylic acids is 3. The second-order valence-electron chi connectivity index (χ2n) is 4.81. The third kappa shape index (κ3) is 3.26. The number of methoxy groups -OCH3 is 1. The zero-order valence-electron chi connectivity index (χ0n) is 12.0. The fourth-order valence-corrected chi connectivity index (χ4v) is 3.10. The number of fused-ring (bicyclic) bond motifs is 1. The Kier molecular flexibility index (Phi) is 5.01. The molecule has 0 bridgehead atoms. The largest absolute Gasteiger partial charge is 0.469 e. The van der Waals surface area contributed by atoms with Crippen molar-refractivity contribution >= 4 is 29.5 Å². The van der Waals surface area contributed by atoms with Gasteiger partial charge in [-0.1, -0.05) is 19.1 Å². The third-order valence-corrected chi connectivity index (χ3v) is 4.52. The minimum Gasteiger partial charge on any atom is -0.469 e. The molecule has 1 unspecified atom stereocenters. The van der Waals surface area contributed by atoms with E-state index in [1.165, 1.54) is 23.8 Å². The molecule has 1 aliphatic heterocycles. The average molecular weight is 307 g/mol. The normalized spacial score (nSPS) is 15.0. The molecular formula is C15H17NO4S. The molecule has 0 N–H and O–H groups in total. The summed E-state index contributed by atoms with van der Waals surface area (Å²) in [6, 6.07) is 6.84. The van der Waals surface area contributed by atoms with Crippen LogP contribution in [0.5, 0.6) is 0 Å². The van der Waals surface area contributed by atoms with E-state index in [1.54, 1.807) is 31.2 Å². The van der Waals surface area contributed by atoms with E-state index in [4.69, 9.17) is 0 Å². The number of hydrogen-bond acceptors (Lipinski definition) is 5. The molecule has 2 amide bonds. The molecule has 0 aliphatic carbocycles. The van der Waals surface area contributed by atoms with Crippen molar-refractivity contribution in [1.82, 2.24) is 4.90 Å². The lowest BCUT2D eigenvalue weighted by molar-refractivity contribution is -0.144. The Hall–Kier alpha value is -1.82. The Bertz CT molecular complexity index is 538. The van der Waals surface area contributed by atoms with Gasteiger partial charge in [0.25, 0.3) is 11.8 Å². The van der Waals surface area contributed by atoms with Crippen molar-refractivity contribution in [3.05, 3.63) is 35.4 Å². The van der Waals surface area contributed by atoms with Crippen LogP contribution < -0.4 is 0 Å². The van der Waals surface area contributed by atoms with Crippen LogP contribution in [0.1, 0.15) is 27.6 Å². The topological polar surface area (TPSA) is 63.7 Å². The lowest BCUT2D eigenvalue weighted by Gasteiger charge is -2.14. The number of amides is 2. The number of rotatable bonds is 6. The summed E-state index contributed by atoms with van der Waals surface area (Å²) in [5.41, 5.74) is 0.936. The van der Waals surface area contributed by atoms with E-state index in [0.29, 0.717) is 29.2 Å². The van der Waals surface area contributed by atoms with Crippen LogP contribution in [0.2, 0.25) is 0 Å². The van der Waals surface area contributed by atoms with Gasteiger partial charge in [-0.05, 0) is 12.1 Å². The van der Waals surface area contributed by atoms with Gasteiger partial charge in [-0.2, -0.15) is 11.8 Å². The average Bonchev–Trinajstić information content (AvgIpc) is 2.75. The van der Waals surface area contributed by atoms with Gasteiger partial charge in [-0.15, -0.1) is 0 Å². The van der Waals surface area contributed by atoms with Crippen LogP contribution >= 0.6 is 11.8 Å². The SMILES string of the molecule is COC(=O)C(C)CSCCN1C(=O)c2ccccc2C1=O. The second-order valence-corrected chi connectivity index (χ2v) is 5.96. The Balaban J connectivity index is 1.84. The summed E-state index contributed by atoms with van der Waals surface area (Å²) in [6.07, 6.45) is 0. The molecule has 5 nitrogen and oxygen atoms in total. The molecule has 21 heavy (non-hydrogen) atoms. The highest BCUT2D eigenvalue weighted by atomic mass is 32.2. The fourth-order valence-electron chi connectivity index (χ4n) is 2.13.